The molecule has 0 bridgehead atoms. The molecule has 3 aromatic carbocycles. The second-order valence-corrected chi connectivity index (χ2v) is 13.6. The Morgan fingerprint density at radius 2 is 1.13 bits per heavy atom. The first-order valence-corrected chi connectivity index (χ1v) is 18.2. The van der Waals surface area contributed by atoms with Crippen molar-refractivity contribution < 1.29 is 0 Å². The third kappa shape index (κ3) is 4.97. The summed E-state index contributed by atoms with van der Waals surface area (Å²) in [6.45, 7) is 6.44. The summed E-state index contributed by atoms with van der Waals surface area (Å²) < 4.78 is 0. The second kappa shape index (κ2) is 12.5. The van der Waals surface area contributed by atoms with Gasteiger partial charge in [-0.2, -0.15) is 0 Å². The lowest BCUT2D eigenvalue weighted by molar-refractivity contribution is 1.09. The monoisotopic (exact) mass is 701 g/mol. The van der Waals surface area contributed by atoms with Gasteiger partial charge in [-0.15, -0.1) is 0 Å². The highest BCUT2D eigenvalue weighted by Gasteiger charge is 2.25. The maximum atomic E-state index is 5.62. The molecule has 6 aromatic heterocycles. The number of hydrogen-bond donors (Lipinski definition) is 4. The fourth-order valence-electron chi connectivity index (χ4n) is 7.57. The van der Waals surface area contributed by atoms with Gasteiger partial charge in [0.05, 0.1) is 39.0 Å². The summed E-state index contributed by atoms with van der Waals surface area (Å²) in [5.74, 6) is 0. The van der Waals surface area contributed by atoms with Crippen LogP contribution < -0.4 is 0 Å². The lowest BCUT2D eigenvalue weighted by Gasteiger charge is -2.19. The first-order chi connectivity index (χ1) is 26.6. The predicted molar refractivity (Wildman–Crippen MR) is 220 cm³/mol. The van der Waals surface area contributed by atoms with Gasteiger partial charge in [0.25, 0.3) is 0 Å². The predicted octanol–water partition coefficient (Wildman–Crippen LogP) is 11.0. The number of aliphatic imine (C=N–C) groups is 1. The molecule has 9 nitrogen and oxygen atoms in total. The van der Waals surface area contributed by atoms with Crippen molar-refractivity contribution in [2.45, 2.75) is 27.2 Å². The summed E-state index contributed by atoms with van der Waals surface area (Å²) in [4.78, 5) is 41.1. The molecule has 260 valence electrons. The molecule has 1 aliphatic carbocycles. The van der Waals surface area contributed by atoms with E-state index in [1.165, 1.54) is 5.57 Å². The van der Waals surface area contributed by atoms with Gasteiger partial charge < -0.3 is 19.9 Å². The summed E-state index contributed by atoms with van der Waals surface area (Å²) in [6.07, 6.45) is 15.0. The molecule has 9 heteroatoms. The van der Waals surface area contributed by atoms with Gasteiger partial charge in [-0.05, 0) is 92.6 Å². The van der Waals surface area contributed by atoms with Crippen LogP contribution in [0.4, 0.5) is 5.69 Å². The van der Waals surface area contributed by atoms with E-state index in [1.54, 1.807) is 0 Å². The quantitative estimate of drug-likeness (QED) is 0.102. The lowest BCUT2D eigenvalue weighted by Crippen LogP contribution is -2.10. The molecule has 0 atom stereocenters. The minimum Gasteiger partial charge on any atom is -0.361 e. The SMILES string of the molecule is CCC(C)=C1C=CC=C(c2ccc[nH]2)C1=Nc1c(C)c2nc3cccc(-c4ccc[nH]4)c3nc2c2nc3c(-c4ccc[nH]4)ccc(-c4ccc[nH]4)c3nc12. The molecule has 10 rings (SSSR count). The van der Waals surface area contributed by atoms with Crippen LogP contribution in [0.3, 0.4) is 0 Å². The Balaban J connectivity index is 1.38. The average molecular weight is 702 g/mol. The number of hydrogen-bond acceptors (Lipinski definition) is 5. The minimum absolute atomic E-state index is 0.643. The van der Waals surface area contributed by atoms with Gasteiger partial charge in [-0.25, -0.2) is 24.9 Å². The summed E-state index contributed by atoms with van der Waals surface area (Å²) in [6, 6.07) is 26.6. The van der Waals surface area contributed by atoms with Crippen LogP contribution in [-0.4, -0.2) is 45.6 Å². The summed E-state index contributed by atoms with van der Waals surface area (Å²) in [5.41, 5.74) is 18.4. The number of aromatic nitrogens is 8. The molecule has 0 aliphatic heterocycles. The number of nitrogens with zero attached hydrogens (tertiary/aromatic N) is 5. The Kier molecular flexibility index (Phi) is 7.33. The molecule has 6 heterocycles. The largest absolute Gasteiger partial charge is 0.361 e. The van der Waals surface area contributed by atoms with Crippen molar-refractivity contribution >= 4 is 61.1 Å². The first kappa shape index (κ1) is 31.6. The Morgan fingerprint density at radius 1 is 0.574 bits per heavy atom. The molecule has 0 saturated carbocycles. The smallest absolute Gasteiger partial charge is 0.120 e. The first-order valence-electron chi connectivity index (χ1n) is 18.2. The normalized spacial score (nSPS) is 14.9. The number of para-hydroxylation sites is 1. The van der Waals surface area contributed by atoms with Crippen molar-refractivity contribution in [2.75, 3.05) is 0 Å². The Labute approximate surface area is 310 Å². The molecular weight excluding hydrogens is 667 g/mol. The second-order valence-electron chi connectivity index (χ2n) is 13.6. The van der Waals surface area contributed by atoms with E-state index in [-0.39, 0.29) is 0 Å². The van der Waals surface area contributed by atoms with Crippen LogP contribution in [0.5, 0.6) is 0 Å². The summed E-state index contributed by atoms with van der Waals surface area (Å²) >= 11 is 0. The zero-order chi connectivity index (χ0) is 36.3. The van der Waals surface area contributed by atoms with Crippen molar-refractivity contribution in [1.29, 1.82) is 0 Å². The van der Waals surface area contributed by atoms with E-state index in [2.05, 4.69) is 101 Å². The zero-order valence-electron chi connectivity index (χ0n) is 30.0. The number of allylic oxidation sites excluding steroid dienone is 6. The number of aryl methyl sites for hydroxylation is 1. The average Bonchev–Trinajstić information content (AvgIpc) is 4.06. The highest BCUT2D eigenvalue weighted by atomic mass is 14.9. The fourth-order valence-corrected chi connectivity index (χ4v) is 7.57. The molecular formula is C45H35N9. The summed E-state index contributed by atoms with van der Waals surface area (Å²) in [5, 5.41) is 0. The molecule has 0 spiro atoms. The third-order valence-electron chi connectivity index (χ3n) is 10.5. The van der Waals surface area contributed by atoms with E-state index in [1.807, 2.05) is 61.2 Å². The molecule has 54 heavy (non-hydrogen) atoms. The van der Waals surface area contributed by atoms with Gasteiger partial charge >= 0.3 is 0 Å². The van der Waals surface area contributed by atoms with Crippen LogP contribution >= 0.6 is 0 Å². The molecule has 1 aliphatic rings. The number of rotatable bonds is 6. The number of aromatic amines is 4. The lowest BCUT2D eigenvalue weighted by atomic mass is 9.90. The molecule has 4 N–H and O–H groups in total. The van der Waals surface area contributed by atoms with Crippen LogP contribution in [0, 0.1) is 6.92 Å². The van der Waals surface area contributed by atoms with Gasteiger partial charge in [0.2, 0.25) is 0 Å². The molecule has 0 amide bonds. The van der Waals surface area contributed by atoms with E-state index in [4.69, 9.17) is 24.9 Å². The van der Waals surface area contributed by atoms with Crippen LogP contribution in [0.2, 0.25) is 0 Å². The maximum absolute atomic E-state index is 5.62. The van der Waals surface area contributed by atoms with E-state index < -0.39 is 0 Å². The highest BCUT2D eigenvalue weighted by Crippen LogP contribution is 2.42. The van der Waals surface area contributed by atoms with E-state index in [9.17, 15) is 0 Å². The van der Waals surface area contributed by atoms with Crippen LogP contribution in [0.25, 0.3) is 83.5 Å². The molecule has 0 fully saturated rings. The molecule has 0 saturated heterocycles. The van der Waals surface area contributed by atoms with Gasteiger partial charge in [0.1, 0.15) is 16.6 Å². The summed E-state index contributed by atoms with van der Waals surface area (Å²) in [7, 11) is 0. The van der Waals surface area contributed by atoms with E-state index in [0.717, 1.165) is 95.9 Å². The fraction of sp³-hybridized carbons (Fsp3) is 0.0889. The number of nitrogens with one attached hydrogen (secondary N) is 4. The van der Waals surface area contributed by atoms with Gasteiger partial charge in [0.15, 0.2) is 0 Å². The highest BCUT2D eigenvalue weighted by molar-refractivity contribution is 6.35. The third-order valence-corrected chi connectivity index (χ3v) is 10.5. The number of H-pyrrole nitrogens is 4. The molecule has 9 aromatic rings. The standard InChI is InChI=1S/C45H35N9/c1-4-25(2)27-11-5-12-28(32-15-7-21-46-32)39(27)51-38-26(3)37-43(52-40-29(33-16-8-22-47-33)13-6-14-36(40)50-37)45-44(38)53-41-30(34-17-9-23-48-34)19-20-31(42(41)54-45)35-18-10-24-49-35/h5-24,46-49H,4H2,1-3H3. The van der Waals surface area contributed by atoms with Crippen molar-refractivity contribution in [2.24, 2.45) is 4.99 Å². The van der Waals surface area contributed by atoms with Crippen molar-refractivity contribution in [1.82, 2.24) is 39.9 Å². The van der Waals surface area contributed by atoms with E-state index in [0.29, 0.717) is 22.2 Å². The Bertz CT molecular complexity index is 3010. The topological polar surface area (TPSA) is 127 Å². The zero-order valence-corrected chi connectivity index (χ0v) is 30.0. The van der Waals surface area contributed by atoms with Crippen molar-refractivity contribution in [3.8, 4) is 33.8 Å². The maximum Gasteiger partial charge on any atom is 0.120 e. The molecule has 0 unspecified atom stereocenters. The van der Waals surface area contributed by atoms with Gasteiger partial charge in [-0.1, -0.05) is 42.9 Å². The Morgan fingerprint density at radius 3 is 1.72 bits per heavy atom. The minimum atomic E-state index is 0.643. The van der Waals surface area contributed by atoms with E-state index >= 15 is 0 Å². The Hall–Kier alpha value is -7.13. The van der Waals surface area contributed by atoms with Crippen LogP contribution in [0.15, 0.2) is 138 Å². The van der Waals surface area contributed by atoms with Crippen LogP contribution in [0.1, 0.15) is 31.5 Å². The number of fused-ring (bicyclic) bond motifs is 5. The number of benzene rings is 3. The van der Waals surface area contributed by atoms with Crippen molar-refractivity contribution in [3.63, 3.8) is 0 Å². The van der Waals surface area contributed by atoms with Gasteiger partial charge in [0, 0.05) is 75.4 Å². The van der Waals surface area contributed by atoms with Crippen LogP contribution in [-0.2, 0) is 0 Å². The molecule has 0 radical (unpaired) electrons. The van der Waals surface area contributed by atoms with Gasteiger partial charge in [-0.3, -0.25) is 0 Å². The van der Waals surface area contributed by atoms with Crippen molar-refractivity contribution in [3.05, 3.63) is 144 Å².